The third kappa shape index (κ3) is 4.34. The summed E-state index contributed by atoms with van der Waals surface area (Å²) in [6.07, 6.45) is 1.75. The van der Waals surface area contributed by atoms with Gasteiger partial charge in [0.05, 0.1) is 6.54 Å². The zero-order chi connectivity index (χ0) is 17.2. The van der Waals surface area contributed by atoms with Crippen LogP contribution in [0.15, 0.2) is 22.3 Å². The summed E-state index contributed by atoms with van der Waals surface area (Å²) in [5.74, 6) is 0.421. The van der Waals surface area contributed by atoms with Gasteiger partial charge in [-0.3, -0.25) is 14.8 Å². The average molecular weight is 385 g/mol. The second kappa shape index (κ2) is 6.74. The van der Waals surface area contributed by atoms with Crippen molar-refractivity contribution in [2.75, 3.05) is 25.0 Å². The van der Waals surface area contributed by atoms with Crippen LogP contribution in [0.4, 0.5) is 10.6 Å². The molecule has 2 amide bonds. The number of likely N-dealkylation sites (N-methyl/N-ethyl adjacent to an activating group) is 1. The van der Waals surface area contributed by atoms with E-state index in [0.29, 0.717) is 35.4 Å². The lowest BCUT2D eigenvalue weighted by atomic mass is 10.1. The first-order chi connectivity index (χ1) is 10.7. The Hall–Kier alpha value is -1.83. The molecule has 0 saturated heterocycles. The Morgan fingerprint density at radius 1 is 1.43 bits per heavy atom. The summed E-state index contributed by atoms with van der Waals surface area (Å²) >= 11 is 3.43. The zero-order valence-corrected chi connectivity index (χ0v) is 15.3. The Kier molecular flexibility index (Phi) is 5.13. The van der Waals surface area contributed by atoms with Crippen LogP contribution in [0, 0.1) is 0 Å². The number of rotatable bonds is 2. The molecule has 1 aromatic heterocycles. The molecule has 2 rings (SSSR count). The normalized spacial score (nSPS) is 15.6. The van der Waals surface area contributed by atoms with Crippen LogP contribution in [-0.4, -0.2) is 52.8 Å². The molecule has 0 bridgehead atoms. The van der Waals surface area contributed by atoms with Crippen LogP contribution in [-0.2, 0) is 9.53 Å². The highest BCUT2D eigenvalue weighted by Gasteiger charge is 2.30. The number of nitrogens with one attached hydrogen (secondary N) is 1. The van der Waals surface area contributed by atoms with Gasteiger partial charge in [0, 0.05) is 35.9 Å². The summed E-state index contributed by atoms with van der Waals surface area (Å²) < 4.78 is 6.06. The van der Waals surface area contributed by atoms with Crippen molar-refractivity contribution in [2.24, 2.45) is 0 Å². The minimum atomic E-state index is -0.538. The van der Waals surface area contributed by atoms with E-state index in [-0.39, 0.29) is 12.0 Å². The Morgan fingerprint density at radius 2 is 2.13 bits per heavy atom. The molecule has 2 heterocycles. The van der Waals surface area contributed by atoms with Gasteiger partial charge in [0.15, 0.2) is 5.82 Å². The van der Waals surface area contributed by atoms with Crippen molar-refractivity contribution in [3.05, 3.63) is 22.3 Å². The molecule has 0 unspecified atom stereocenters. The maximum absolute atomic E-state index is 12.6. The van der Waals surface area contributed by atoms with Crippen molar-refractivity contribution in [1.82, 2.24) is 15.1 Å². The number of nitrogens with zero attached hydrogens (tertiary/aromatic N) is 3. The van der Waals surface area contributed by atoms with Crippen molar-refractivity contribution in [3.63, 3.8) is 0 Å². The minimum Gasteiger partial charge on any atom is -0.444 e. The van der Waals surface area contributed by atoms with Crippen molar-refractivity contribution in [1.29, 1.82) is 0 Å². The highest BCUT2D eigenvalue weighted by Crippen LogP contribution is 2.26. The minimum absolute atomic E-state index is 0.132. The van der Waals surface area contributed by atoms with Gasteiger partial charge in [-0.2, -0.15) is 5.10 Å². The topological polar surface area (TPSA) is 78.5 Å². The van der Waals surface area contributed by atoms with E-state index in [9.17, 15) is 9.59 Å². The number of aromatic nitrogens is 2. The molecular weight excluding hydrogens is 364 g/mol. The zero-order valence-electron chi connectivity index (χ0n) is 13.7. The smallest absolute Gasteiger partial charge is 0.410 e. The van der Waals surface area contributed by atoms with Gasteiger partial charge in [-0.05, 0) is 27.2 Å². The molecule has 0 aromatic carbocycles. The predicted octanol–water partition coefficient (Wildman–Crippen LogP) is 2.66. The number of anilines is 1. The van der Waals surface area contributed by atoms with Gasteiger partial charge in [0.2, 0.25) is 0 Å². The number of carbonyl (C=O) groups excluding carboxylic acids is 2. The Morgan fingerprint density at radius 3 is 2.65 bits per heavy atom. The summed E-state index contributed by atoms with van der Waals surface area (Å²) in [4.78, 5) is 27.7. The van der Waals surface area contributed by atoms with Crippen LogP contribution in [0.5, 0.6) is 0 Å². The number of ether oxygens (including phenoxy) is 1. The van der Waals surface area contributed by atoms with E-state index in [1.165, 1.54) is 4.90 Å². The number of aromatic amines is 1. The summed E-state index contributed by atoms with van der Waals surface area (Å²) in [5.41, 5.74) is 0.110. The van der Waals surface area contributed by atoms with Crippen molar-refractivity contribution < 1.29 is 14.3 Å². The average Bonchev–Trinajstić information content (AvgIpc) is 2.98. The molecule has 0 radical (unpaired) electrons. The molecule has 8 heteroatoms. The fraction of sp³-hybridized carbons (Fsp3) is 0.533. The molecule has 1 aliphatic rings. The second-order valence-corrected chi connectivity index (χ2v) is 7.29. The lowest BCUT2D eigenvalue weighted by Crippen LogP contribution is -2.42. The van der Waals surface area contributed by atoms with Gasteiger partial charge in [0.1, 0.15) is 5.60 Å². The van der Waals surface area contributed by atoms with Crippen molar-refractivity contribution >= 4 is 33.7 Å². The predicted molar refractivity (Wildman–Crippen MR) is 90.4 cm³/mol. The van der Waals surface area contributed by atoms with Gasteiger partial charge >= 0.3 is 6.09 Å². The van der Waals surface area contributed by atoms with E-state index in [1.54, 1.807) is 24.2 Å². The molecule has 126 valence electrons. The number of hydrogen-bond acceptors (Lipinski definition) is 4. The van der Waals surface area contributed by atoms with E-state index in [4.69, 9.17) is 4.74 Å². The van der Waals surface area contributed by atoms with Crippen molar-refractivity contribution in [2.45, 2.75) is 32.8 Å². The molecule has 1 N–H and O–H groups in total. The van der Waals surface area contributed by atoms with Crippen LogP contribution in [0.1, 0.15) is 27.2 Å². The molecule has 1 aromatic rings. The van der Waals surface area contributed by atoms with E-state index < -0.39 is 5.60 Å². The maximum Gasteiger partial charge on any atom is 0.410 e. The Labute approximate surface area is 143 Å². The second-order valence-electron chi connectivity index (χ2n) is 6.33. The first-order valence-electron chi connectivity index (χ1n) is 7.32. The van der Waals surface area contributed by atoms with Gasteiger partial charge in [-0.1, -0.05) is 15.9 Å². The summed E-state index contributed by atoms with van der Waals surface area (Å²) in [5, 5.41) is 6.68. The largest absolute Gasteiger partial charge is 0.444 e. The fourth-order valence-corrected chi connectivity index (χ4v) is 2.85. The first kappa shape index (κ1) is 17.5. The highest BCUT2D eigenvalue weighted by molar-refractivity contribution is 9.11. The third-order valence-electron chi connectivity index (χ3n) is 3.33. The van der Waals surface area contributed by atoms with Crippen LogP contribution in [0.3, 0.4) is 0 Å². The Balaban J connectivity index is 2.07. The summed E-state index contributed by atoms with van der Waals surface area (Å²) in [6, 6.07) is 1.72. The molecule has 23 heavy (non-hydrogen) atoms. The molecule has 0 aliphatic carbocycles. The van der Waals surface area contributed by atoms with Crippen LogP contribution >= 0.6 is 15.9 Å². The van der Waals surface area contributed by atoms with E-state index >= 15 is 0 Å². The van der Waals surface area contributed by atoms with Crippen LogP contribution in [0.2, 0.25) is 0 Å². The lowest BCUT2D eigenvalue weighted by molar-refractivity contribution is -0.115. The van der Waals surface area contributed by atoms with E-state index in [1.807, 2.05) is 20.8 Å². The molecule has 0 saturated carbocycles. The standard InChI is InChI=1S/C15H21BrN4O3/c1-15(2,3)23-14(22)20-8-6-10(11(16)9-20)13(21)19(4)12-5-7-17-18-12/h5,7H,6,8-9H2,1-4H3,(H,17,18). The lowest BCUT2D eigenvalue weighted by Gasteiger charge is -2.31. The number of hydrogen-bond donors (Lipinski definition) is 1. The number of H-pyrrole nitrogens is 1. The van der Waals surface area contributed by atoms with E-state index in [2.05, 4.69) is 26.1 Å². The summed E-state index contributed by atoms with van der Waals surface area (Å²) in [7, 11) is 1.67. The monoisotopic (exact) mass is 384 g/mol. The highest BCUT2D eigenvalue weighted by atomic mass is 79.9. The van der Waals surface area contributed by atoms with Crippen LogP contribution in [0.25, 0.3) is 0 Å². The number of amides is 2. The molecule has 0 fully saturated rings. The molecule has 0 spiro atoms. The third-order valence-corrected chi connectivity index (χ3v) is 4.06. The molecular formula is C15H21BrN4O3. The SMILES string of the molecule is CN(C(=O)C1=C(Br)CN(C(=O)OC(C)(C)C)CC1)c1cc[nH]n1. The fourth-order valence-electron chi connectivity index (χ4n) is 2.18. The van der Waals surface area contributed by atoms with Gasteiger partial charge in [-0.15, -0.1) is 0 Å². The van der Waals surface area contributed by atoms with E-state index in [0.717, 1.165) is 0 Å². The van der Waals surface area contributed by atoms with Gasteiger partial charge in [0.25, 0.3) is 5.91 Å². The molecule has 1 aliphatic heterocycles. The molecule has 7 nitrogen and oxygen atoms in total. The number of halogens is 1. The summed E-state index contributed by atoms with van der Waals surface area (Å²) in [6.45, 7) is 6.25. The maximum atomic E-state index is 12.6. The molecule has 0 atom stereocenters. The number of carbonyl (C=O) groups is 2. The van der Waals surface area contributed by atoms with Crippen LogP contribution < -0.4 is 4.90 Å². The van der Waals surface area contributed by atoms with Gasteiger partial charge < -0.3 is 9.64 Å². The van der Waals surface area contributed by atoms with Gasteiger partial charge in [-0.25, -0.2) is 4.79 Å². The first-order valence-corrected chi connectivity index (χ1v) is 8.11. The quantitative estimate of drug-likeness (QED) is 0.849. The Bertz CT molecular complexity index is 619. The van der Waals surface area contributed by atoms with Crippen molar-refractivity contribution in [3.8, 4) is 0 Å².